The van der Waals surface area contributed by atoms with Gasteiger partial charge in [-0.15, -0.1) is 0 Å². The molecule has 0 aliphatic heterocycles. The zero-order chi connectivity index (χ0) is 16.4. The molecule has 0 spiro atoms. The number of fused-ring (bicyclic) bond motifs is 1. The molecule has 0 saturated heterocycles. The van der Waals surface area contributed by atoms with Crippen molar-refractivity contribution in [3.63, 3.8) is 0 Å². The Labute approximate surface area is 145 Å². The first-order chi connectivity index (χ1) is 11.1. The summed E-state index contributed by atoms with van der Waals surface area (Å²) < 4.78 is 11.2. The molecule has 0 N–H and O–H groups in total. The smallest absolute Gasteiger partial charge is 0.347 e. The number of hydrogen-bond acceptors (Lipinski definition) is 4. The number of rotatable bonds is 3. The molecule has 0 aliphatic carbocycles. The van der Waals surface area contributed by atoms with E-state index in [1.54, 1.807) is 37.5 Å². The lowest BCUT2D eigenvalue weighted by Gasteiger charge is -2.04. The van der Waals surface area contributed by atoms with Crippen LogP contribution in [0.2, 0.25) is 0 Å². The van der Waals surface area contributed by atoms with E-state index in [1.807, 2.05) is 18.2 Å². The van der Waals surface area contributed by atoms with Gasteiger partial charge in [-0.1, -0.05) is 29.8 Å². The molecule has 0 saturated carbocycles. The minimum absolute atomic E-state index is 0.0855. The van der Waals surface area contributed by atoms with Crippen LogP contribution >= 0.6 is 27.5 Å². The Morgan fingerprint density at radius 1 is 1.30 bits per heavy atom. The highest BCUT2D eigenvalue weighted by Crippen LogP contribution is 2.28. The average molecular weight is 393 g/mol. The van der Waals surface area contributed by atoms with Crippen LogP contribution < -0.4 is 10.4 Å². The molecule has 3 aromatic rings. The predicted octanol–water partition coefficient (Wildman–Crippen LogP) is 4.70. The molecule has 4 nitrogen and oxygen atoms in total. The Hall–Kier alpha value is -2.11. The maximum absolute atomic E-state index is 12.0. The molecule has 0 bridgehead atoms. The highest BCUT2D eigenvalue weighted by molar-refractivity contribution is 9.10. The van der Waals surface area contributed by atoms with Crippen molar-refractivity contribution in [1.82, 2.24) is 4.98 Å². The Kier molecular flexibility index (Phi) is 4.50. The summed E-state index contributed by atoms with van der Waals surface area (Å²) in [5.41, 5.74) is 0.898. The van der Waals surface area contributed by atoms with Gasteiger partial charge in [0.25, 0.3) is 0 Å². The Balaban J connectivity index is 2.04. The van der Waals surface area contributed by atoms with Gasteiger partial charge in [-0.2, -0.15) is 0 Å². The van der Waals surface area contributed by atoms with Crippen molar-refractivity contribution < 1.29 is 9.15 Å². The molecule has 6 heteroatoms. The van der Waals surface area contributed by atoms with E-state index >= 15 is 0 Å². The van der Waals surface area contributed by atoms with E-state index in [9.17, 15) is 4.79 Å². The van der Waals surface area contributed by atoms with Gasteiger partial charge in [-0.3, -0.25) is 0 Å². The fourth-order valence-electron chi connectivity index (χ4n) is 2.10. The van der Waals surface area contributed by atoms with Crippen LogP contribution in [0, 0.1) is 0 Å². The van der Waals surface area contributed by atoms with E-state index < -0.39 is 5.63 Å². The minimum Gasteiger partial charge on any atom is -0.496 e. The fourth-order valence-corrected chi connectivity index (χ4v) is 2.87. The third-order valence-corrected chi connectivity index (χ3v) is 4.10. The van der Waals surface area contributed by atoms with Crippen molar-refractivity contribution in [2.24, 2.45) is 0 Å². The number of hydrogen-bond donors (Lipinski definition) is 0. The quantitative estimate of drug-likeness (QED) is 0.648. The third-order valence-electron chi connectivity index (χ3n) is 3.21. The topological polar surface area (TPSA) is 52.3 Å². The molecule has 1 aromatic heterocycles. The Morgan fingerprint density at radius 3 is 2.83 bits per heavy atom. The van der Waals surface area contributed by atoms with Gasteiger partial charge in [0.2, 0.25) is 5.89 Å². The number of aromatic nitrogens is 1. The van der Waals surface area contributed by atoms with Gasteiger partial charge in [0.15, 0.2) is 0 Å². The van der Waals surface area contributed by atoms with E-state index in [0.717, 1.165) is 10.0 Å². The number of para-hydroxylation sites is 1. The number of methoxy groups -OCH3 is 1. The maximum Gasteiger partial charge on any atom is 0.347 e. The average Bonchev–Trinajstić information content (AvgIpc) is 2.55. The van der Waals surface area contributed by atoms with Crippen molar-refractivity contribution >= 4 is 49.5 Å². The minimum atomic E-state index is -0.465. The van der Waals surface area contributed by atoms with Crippen LogP contribution in [0.1, 0.15) is 11.5 Å². The van der Waals surface area contributed by atoms with Crippen LogP contribution in [0.15, 0.2) is 56.1 Å². The molecule has 23 heavy (non-hydrogen) atoms. The molecule has 3 rings (SSSR count). The maximum atomic E-state index is 12.0. The largest absolute Gasteiger partial charge is 0.496 e. The van der Waals surface area contributed by atoms with Crippen LogP contribution in [-0.2, 0) is 0 Å². The van der Waals surface area contributed by atoms with Gasteiger partial charge < -0.3 is 9.15 Å². The van der Waals surface area contributed by atoms with Crippen LogP contribution in [-0.4, -0.2) is 12.1 Å². The number of halogens is 2. The van der Waals surface area contributed by atoms with Gasteiger partial charge in [0, 0.05) is 0 Å². The summed E-state index contributed by atoms with van der Waals surface area (Å²) in [6.45, 7) is 0. The molecule has 2 aromatic carbocycles. The van der Waals surface area contributed by atoms with Gasteiger partial charge in [0.1, 0.15) is 10.8 Å². The Bertz CT molecular complexity index is 965. The molecule has 0 fully saturated rings. The fraction of sp³-hybridized carbons (Fsp3) is 0.0588. The second kappa shape index (κ2) is 6.56. The van der Waals surface area contributed by atoms with E-state index in [4.69, 9.17) is 20.8 Å². The van der Waals surface area contributed by atoms with Gasteiger partial charge in [0.05, 0.1) is 22.5 Å². The summed E-state index contributed by atoms with van der Waals surface area (Å²) in [7, 11) is 1.59. The monoisotopic (exact) mass is 391 g/mol. The molecule has 0 radical (unpaired) electrons. The second-order valence-corrected chi connectivity index (χ2v) is 5.97. The van der Waals surface area contributed by atoms with Crippen LogP contribution in [0.25, 0.3) is 22.0 Å². The summed E-state index contributed by atoms with van der Waals surface area (Å²) >= 11 is 9.67. The summed E-state index contributed by atoms with van der Waals surface area (Å²) in [5, 5.41) is 0.665. The first-order valence-electron chi connectivity index (χ1n) is 6.69. The van der Waals surface area contributed by atoms with Crippen molar-refractivity contribution in [3.8, 4) is 5.75 Å². The highest BCUT2D eigenvalue weighted by Gasteiger charge is 2.09. The molecule has 0 aliphatic rings. The molecular weight excluding hydrogens is 382 g/mol. The van der Waals surface area contributed by atoms with Crippen LogP contribution in [0.3, 0.4) is 0 Å². The van der Waals surface area contributed by atoms with Crippen LogP contribution in [0.4, 0.5) is 0 Å². The van der Waals surface area contributed by atoms with Gasteiger partial charge in [-0.05, 0) is 51.8 Å². The summed E-state index contributed by atoms with van der Waals surface area (Å²) in [6, 6.07) is 12.5. The van der Waals surface area contributed by atoms with Gasteiger partial charge in [-0.25, -0.2) is 9.78 Å². The number of nitrogens with zero attached hydrogens (tertiary/aromatic N) is 1. The second-order valence-electron chi connectivity index (χ2n) is 4.71. The lowest BCUT2D eigenvalue weighted by atomic mass is 10.2. The van der Waals surface area contributed by atoms with Crippen molar-refractivity contribution in [2.75, 3.05) is 7.11 Å². The zero-order valence-electron chi connectivity index (χ0n) is 12.0. The first kappa shape index (κ1) is 15.8. The van der Waals surface area contributed by atoms with E-state index in [0.29, 0.717) is 16.7 Å². The normalized spacial score (nSPS) is 11.7. The molecule has 0 unspecified atom stereocenters. The number of benzene rings is 2. The SMILES string of the molecule is COc1ccc(/C=C(\Cl)c2nc3ccccc3c(=O)o2)cc1Br. The Morgan fingerprint density at radius 2 is 2.09 bits per heavy atom. The predicted molar refractivity (Wildman–Crippen MR) is 94.7 cm³/mol. The summed E-state index contributed by atoms with van der Waals surface area (Å²) in [4.78, 5) is 16.3. The van der Waals surface area contributed by atoms with E-state index in [-0.39, 0.29) is 10.9 Å². The standard InChI is InChI=1S/C17H11BrClNO3/c1-22-15-7-6-10(8-12(15)18)9-13(19)16-20-14-5-3-2-4-11(14)17(21)23-16/h2-9H,1H3/b13-9-. The zero-order valence-corrected chi connectivity index (χ0v) is 14.4. The van der Waals surface area contributed by atoms with Gasteiger partial charge >= 0.3 is 5.63 Å². The third kappa shape index (κ3) is 3.30. The molecule has 0 amide bonds. The highest BCUT2D eigenvalue weighted by atomic mass is 79.9. The summed E-state index contributed by atoms with van der Waals surface area (Å²) in [5.74, 6) is 0.802. The summed E-state index contributed by atoms with van der Waals surface area (Å²) in [6.07, 6.45) is 1.67. The lowest BCUT2D eigenvalue weighted by Crippen LogP contribution is -2.03. The van der Waals surface area contributed by atoms with E-state index in [1.165, 1.54) is 0 Å². The van der Waals surface area contributed by atoms with Crippen molar-refractivity contribution in [2.45, 2.75) is 0 Å². The molecule has 116 valence electrons. The number of ether oxygens (including phenoxy) is 1. The first-order valence-corrected chi connectivity index (χ1v) is 7.86. The molecule has 1 heterocycles. The molecule has 0 atom stereocenters. The molecular formula is C17H11BrClNO3. The lowest BCUT2D eigenvalue weighted by molar-refractivity contribution is 0.412. The van der Waals surface area contributed by atoms with Crippen LogP contribution in [0.5, 0.6) is 5.75 Å². The van der Waals surface area contributed by atoms with Crippen molar-refractivity contribution in [3.05, 3.63) is 68.8 Å². The van der Waals surface area contributed by atoms with Crippen molar-refractivity contribution in [1.29, 1.82) is 0 Å². The van der Waals surface area contributed by atoms with E-state index in [2.05, 4.69) is 20.9 Å².